The van der Waals surface area contributed by atoms with Gasteiger partial charge in [0.1, 0.15) is 0 Å². The highest BCUT2D eigenvalue weighted by molar-refractivity contribution is 4.97. The predicted octanol–water partition coefficient (Wildman–Crippen LogP) is 0.848. The predicted molar refractivity (Wildman–Crippen MR) is 65.5 cm³/mol. The fraction of sp³-hybridized carbons (Fsp3) is 1.00. The summed E-state index contributed by atoms with van der Waals surface area (Å²) in [6, 6.07) is 0.391. The molecule has 2 N–H and O–H groups in total. The highest BCUT2D eigenvalue weighted by Crippen LogP contribution is 2.26. The standard InChI is InChI=1S/C12H26N2O2/c1-9-7-16-10(2)6-14(9)12(4,8-13)11(3)15-5/h9-11H,6-8,13H2,1-5H3. The molecule has 16 heavy (non-hydrogen) atoms. The van der Waals surface area contributed by atoms with Crippen LogP contribution in [0.2, 0.25) is 0 Å². The smallest absolute Gasteiger partial charge is 0.0736 e. The molecule has 0 amide bonds. The zero-order valence-corrected chi connectivity index (χ0v) is 11.2. The first-order valence-electron chi connectivity index (χ1n) is 6.07. The molecular formula is C12H26N2O2. The number of hydrogen-bond acceptors (Lipinski definition) is 4. The van der Waals surface area contributed by atoms with Gasteiger partial charge in [0.25, 0.3) is 0 Å². The number of rotatable bonds is 4. The third-order valence-corrected chi connectivity index (χ3v) is 3.91. The minimum Gasteiger partial charge on any atom is -0.380 e. The molecule has 1 heterocycles. The van der Waals surface area contributed by atoms with Crippen LogP contribution in [0, 0.1) is 0 Å². The zero-order chi connectivity index (χ0) is 12.3. The van der Waals surface area contributed by atoms with Crippen molar-refractivity contribution < 1.29 is 9.47 Å². The van der Waals surface area contributed by atoms with Crippen molar-refractivity contribution >= 4 is 0 Å². The number of ether oxygens (including phenoxy) is 2. The molecule has 0 aromatic heterocycles. The molecule has 0 bridgehead atoms. The molecule has 0 aromatic rings. The van der Waals surface area contributed by atoms with E-state index in [1.807, 2.05) is 0 Å². The van der Waals surface area contributed by atoms with Crippen LogP contribution in [-0.2, 0) is 9.47 Å². The van der Waals surface area contributed by atoms with Crippen molar-refractivity contribution in [3.63, 3.8) is 0 Å². The van der Waals surface area contributed by atoms with E-state index in [0.717, 1.165) is 13.2 Å². The van der Waals surface area contributed by atoms with E-state index in [4.69, 9.17) is 15.2 Å². The summed E-state index contributed by atoms with van der Waals surface area (Å²) in [7, 11) is 1.74. The van der Waals surface area contributed by atoms with Crippen LogP contribution in [-0.4, -0.2) is 55.5 Å². The van der Waals surface area contributed by atoms with Gasteiger partial charge in [-0.1, -0.05) is 0 Å². The molecule has 1 aliphatic rings. The summed E-state index contributed by atoms with van der Waals surface area (Å²) >= 11 is 0. The van der Waals surface area contributed by atoms with Crippen LogP contribution in [0.15, 0.2) is 0 Å². The van der Waals surface area contributed by atoms with Gasteiger partial charge >= 0.3 is 0 Å². The summed E-state index contributed by atoms with van der Waals surface area (Å²) < 4.78 is 11.1. The molecule has 4 atom stereocenters. The Bertz CT molecular complexity index is 225. The molecule has 0 aliphatic carbocycles. The maximum absolute atomic E-state index is 5.96. The van der Waals surface area contributed by atoms with Crippen LogP contribution < -0.4 is 5.73 Å². The molecule has 0 saturated carbocycles. The lowest BCUT2D eigenvalue weighted by Gasteiger charge is -2.50. The second-order valence-electron chi connectivity index (χ2n) is 5.08. The van der Waals surface area contributed by atoms with Crippen LogP contribution >= 0.6 is 0 Å². The van der Waals surface area contributed by atoms with E-state index in [1.165, 1.54) is 0 Å². The van der Waals surface area contributed by atoms with Gasteiger partial charge in [-0.2, -0.15) is 0 Å². The van der Waals surface area contributed by atoms with Crippen molar-refractivity contribution in [1.82, 2.24) is 4.90 Å². The largest absolute Gasteiger partial charge is 0.380 e. The van der Waals surface area contributed by atoms with Gasteiger partial charge in [-0.3, -0.25) is 4.90 Å². The molecule has 1 rings (SSSR count). The van der Waals surface area contributed by atoms with Crippen molar-refractivity contribution in [3.8, 4) is 0 Å². The van der Waals surface area contributed by atoms with Crippen LogP contribution in [0.4, 0.5) is 0 Å². The Morgan fingerprint density at radius 3 is 2.69 bits per heavy atom. The van der Waals surface area contributed by atoms with Crippen LogP contribution in [0.3, 0.4) is 0 Å². The molecule has 0 spiro atoms. The number of morpholine rings is 1. The molecule has 0 aromatic carbocycles. The van der Waals surface area contributed by atoms with E-state index < -0.39 is 0 Å². The molecule has 96 valence electrons. The Kier molecular flexibility index (Phi) is 4.73. The summed E-state index contributed by atoms with van der Waals surface area (Å²) in [6.07, 6.45) is 0.386. The molecule has 4 heteroatoms. The molecule has 1 fully saturated rings. The monoisotopic (exact) mass is 230 g/mol. The van der Waals surface area contributed by atoms with E-state index >= 15 is 0 Å². The second kappa shape index (κ2) is 5.45. The SMILES string of the molecule is COC(C)C(C)(CN)N1CC(C)OCC1C. The van der Waals surface area contributed by atoms with Crippen molar-refractivity contribution in [2.75, 3.05) is 26.8 Å². The zero-order valence-electron chi connectivity index (χ0n) is 11.2. The van der Waals surface area contributed by atoms with Gasteiger partial charge in [0, 0.05) is 26.2 Å². The van der Waals surface area contributed by atoms with Gasteiger partial charge in [0.05, 0.1) is 24.4 Å². The first kappa shape index (κ1) is 13.9. The molecule has 4 nitrogen and oxygen atoms in total. The summed E-state index contributed by atoms with van der Waals surface area (Å²) in [5, 5.41) is 0. The van der Waals surface area contributed by atoms with Gasteiger partial charge < -0.3 is 15.2 Å². The first-order valence-corrected chi connectivity index (χ1v) is 6.07. The average Bonchev–Trinajstić information content (AvgIpc) is 2.30. The van der Waals surface area contributed by atoms with Crippen LogP contribution in [0.1, 0.15) is 27.7 Å². The Labute approximate surface area is 99.1 Å². The summed E-state index contributed by atoms with van der Waals surface area (Å²) in [4.78, 5) is 2.43. The minimum atomic E-state index is -0.119. The quantitative estimate of drug-likeness (QED) is 0.778. The lowest BCUT2D eigenvalue weighted by atomic mass is 9.90. The van der Waals surface area contributed by atoms with Gasteiger partial charge in [0.2, 0.25) is 0 Å². The summed E-state index contributed by atoms with van der Waals surface area (Å²) in [5.74, 6) is 0. The Balaban J connectivity index is 2.84. The van der Waals surface area contributed by atoms with E-state index in [9.17, 15) is 0 Å². The molecular weight excluding hydrogens is 204 g/mol. The van der Waals surface area contributed by atoms with Crippen LogP contribution in [0.25, 0.3) is 0 Å². The van der Waals surface area contributed by atoms with Crippen molar-refractivity contribution in [2.45, 2.75) is 51.5 Å². The molecule has 1 saturated heterocycles. The Morgan fingerprint density at radius 1 is 1.56 bits per heavy atom. The van der Waals surface area contributed by atoms with Crippen LogP contribution in [0.5, 0.6) is 0 Å². The van der Waals surface area contributed by atoms with Crippen molar-refractivity contribution in [3.05, 3.63) is 0 Å². The molecule has 1 aliphatic heterocycles. The normalized spacial score (nSPS) is 33.4. The Hall–Kier alpha value is -0.160. The van der Waals surface area contributed by atoms with E-state index in [1.54, 1.807) is 7.11 Å². The van der Waals surface area contributed by atoms with Gasteiger partial charge in [0.15, 0.2) is 0 Å². The topological polar surface area (TPSA) is 47.7 Å². The van der Waals surface area contributed by atoms with E-state index in [-0.39, 0.29) is 17.7 Å². The minimum absolute atomic E-state index is 0.116. The highest BCUT2D eigenvalue weighted by Gasteiger charge is 2.41. The fourth-order valence-electron chi connectivity index (χ4n) is 2.39. The van der Waals surface area contributed by atoms with Crippen molar-refractivity contribution in [1.29, 1.82) is 0 Å². The lowest BCUT2D eigenvalue weighted by molar-refractivity contribution is -0.122. The third kappa shape index (κ3) is 2.56. The van der Waals surface area contributed by atoms with Gasteiger partial charge in [-0.25, -0.2) is 0 Å². The summed E-state index contributed by atoms with van der Waals surface area (Å²) in [6.45, 7) is 10.8. The number of nitrogens with two attached hydrogens (primary N) is 1. The number of hydrogen-bond donors (Lipinski definition) is 1. The maximum atomic E-state index is 5.96. The first-order chi connectivity index (χ1) is 7.45. The van der Waals surface area contributed by atoms with E-state index in [2.05, 4.69) is 32.6 Å². The lowest BCUT2D eigenvalue weighted by Crippen LogP contribution is -2.65. The van der Waals surface area contributed by atoms with Crippen molar-refractivity contribution in [2.24, 2.45) is 5.73 Å². The fourth-order valence-corrected chi connectivity index (χ4v) is 2.39. The third-order valence-electron chi connectivity index (χ3n) is 3.91. The van der Waals surface area contributed by atoms with Gasteiger partial charge in [-0.15, -0.1) is 0 Å². The summed E-state index contributed by atoms with van der Waals surface area (Å²) in [5.41, 5.74) is 5.84. The number of nitrogens with zero attached hydrogens (tertiary/aromatic N) is 1. The van der Waals surface area contributed by atoms with E-state index in [0.29, 0.717) is 12.6 Å². The molecule has 4 unspecified atom stereocenters. The molecule has 0 radical (unpaired) electrons. The second-order valence-corrected chi connectivity index (χ2v) is 5.08. The van der Waals surface area contributed by atoms with Gasteiger partial charge in [-0.05, 0) is 27.7 Å². The Morgan fingerprint density at radius 2 is 2.19 bits per heavy atom. The maximum Gasteiger partial charge on any atom is 0.0736 e. The highest BCUT2D eigenvalue weighted by atomic mass is 16.5. The average molecular weight is 230 g/mol. The number of methoxy groups -OCH3 is 1.